The van der Waals surface area contributed by atoms with Crippen LogP contribution in [0.1, 0.15) is 39.5 Å². The van der Waals surface area contributed by atoms with Gasteiger partial charge < -0.3 is 11.1 Å². The van der Waals surface area contributed by atoms with Crippen LogP contribution in [-0.4, -0.2) is 5.91 Å². The van der Waals surface area contributed by atoms with Crippen LogP contribution in [0.15, 0.2) is 42.5 Å². The van der Waals surface area contributed by atoms with Gasteiger partial charge in [-0.05, 0) is 41.7 Å². The smallest absolute Gasteiger partial charge is 0.248 e. The van der Waals surface area contributed by atoms with Crippen LogP contribution in [0, 0.1) is 0 Å². The molecule has 0 saturated heterocycles. The van der Waals surface area contributed by atoms with Crippen LogP contribution in [0.4, 0.5) is 0 Å². The normalized spacial score (nSPS) is 16.7. The highest BCUT2D eigenvalue weighted by Gasteiger charge is 2.21. The number of carbonyl (C=O) groups is 1. The molecule has 0 aliphatic heterocycles. The van der Waals surface area contributed by atoms with Gasteiger partial charge in [-0.25, -0.2) is 0 Å². The van der Waals surface area contributed by atoms with Crippen molar-refractivity contribution in [2.45, 2.75) is 25.4 Å². The van der Waals surface area contributed by atoms with Crippen molar-refractivity contribution in [3.05, 3.63) is 69.7 Å². The molecular weight excluding hydrogens is 284 g/mol. The Balaban J connectivity index is 1.70. The lowest BCUT2D eigenvalue weighted by molar-refractivity contribution is 0.100. The van der Waals surface area contributed by atoms with Gasteiger partial charge in [0.2, 0.25) is 5.91 Å². The molecule has 3 nitrogen and oxygen atoms in total. The SMILES string of the molecule is NC(=O)c1ccc(CNC2CCc3ccccc32)c(Cl)c1. The van der Waals surface area contributed by atoms with Crippen molar-refractivity contribution in [1.29, 1.82) is 0 Å². The Morgan fingerprint density at radius 1 is 1.29 bits per heavy atom. The summed E-state index contributed by atoms with van der Waals surface area (Å²) in [5, 5.41) is 4.12. The van der Waals surface area contributed by atoms with Gasteiger partial charge in [-0.1, -0.05) is 41.9 Å². The minimum atomic E-state index is -0.457. The third-order valence-electron chi connectivity index (χ3n) is 4.01. The monoisotopic (exact) mass is 300 g/mol. The third-order valence-corrected chi connectivity index (χ3v) is 4.36. The average Bonchev–Trinajstić information content (AvgIpc) is 2.89. The zero-order valence-corrected chi connectivity index (χ0v) is 12.4. The number of hydrogen-bond acceptors (Lipinski definition) is 2. The predicted octanol–water partition coefficient (Wildman–Crippen LogP) is 3.22. The molecule has 1 atom stereocenters. The zero-order valence-electron chi connectivity index (χ0n) is 11.6. The van der Waals surface area contributed by atoms with Crippen LogP contribution in [0.5, 0.6) is 0 Å². The number of nitrogens with two attached hydrogens (primary N) is 1. The number of aryl methyl sites for hydroxylation is 1. The molecule has 0 radical (unpaired) electrons. The van der Waals surface area contributed by atoms with Crippen molar-refractivity contribution in [1.82, 2.24) is 5.32 Å². The van der Waals surface area contributed by atoms with E-state index in [0.717, 1.165) is 18.4 Å². The second kappa shape index (κ2) is 5.88. The lowest BCUT2D eigenvalue weighted by atomic mass is 10.1. The first kappa shape index (κ1) is 14.1. The number of carbonyl (C=O) groups excluding carboxylic acids is 1. The Bertz CT molecular complexity index is 684. The van der Waals surface area contributed by atoms with Crippen molar-refractivity contribution in [3.63, 3.8) is 0 Å². The fourth-order valence-electron chi connectivity index (χ4n) is 2.85. The Morgan fingerprint density at radius 3 is 2.86 bits per heavy atom. The van der Waals surface area contributed by atoms with Gasteiger partial charge in [0, 0.05) is 23.2 Å². The average molecular weight is 301 g/mol. The topological polar surface area (TPSA) is 55.1 Å². The second-order valence-corrected chi connectivity index (χ2v) is 5.75. The van der Waals surface area contributed by atoms with Crippen LogP contribution >= 0.6 is 11.6 Å². The molecule has 108 valence electrons. The van der Waals surface area contributed by atoms with Crippen LogP contribution in [0.3, 0.4) is 0 Å². The van der Waals surface area contributed by atoms with E-state index in [-0.39, 0.29) is 0 Å². The Kier molecular flexibility index (Phi) is 3.95. The van der Waals surface area contributed by atoms with Crippen molar-refractivity contribution >= 4 is 17.5 Å². The summed E-state index contributed by atoms with van der Waals surface area (Å²) in [6.07, 6.45) is 2.22. The zero-order chi connectivity index (χ0) is 14.8. The number of fused-ring (bicyclic) bond motifs is 1. The largest absolute Gasteiger partial charge is 0.366 e. The third kappa shape index (κ3) is 2.94. The molecule has 2 aromatic carbocycles. The molecule has 21 heavy (non-hydrogen) atoms. The van der Waals surface area contributed by atoms with E-state index in [9.17, 15) is 4.79 Å². The molecule has 4 heteroatoms. The summed E-state index contributed by atoms with van der Waals surface area (Å²) < 4.78 is 0. The minimum absolute atomic E-state index is 0.369. The van der Waals surface area contributed by atoms with Crippen molar-refractivity contribution in [3.8, 4) is 0 Å². The Labute approximate surface area is 129 Å². The van der Waals surface area contributed by atoms with Crippen LogP contribution in [0.25, 0.3) is 0 Å². The van der Waals surface area contributed by atoms with Crippen LogP contribution in [0.2, 0.25) is 5.02 Å². The van der Waals surface area contributed by atoms with Crippen LogP contribution < -0.4 is 11.1 Å². The Morgan fingerprint density at radius 2 is 2.10 bits per heavy atom. The highest BCUT2D eigenvalue weighted by molar-refractivity contribution is 6.31. The van der Waals surface area contributed by atoms with E-state index in [1.807, 2.05) is 6.07 Å². The Hall–Kier alpha value is -1.84. The molecule has 0 spiro atoms. The standard InChI is InChI=1S/C17H17ClN2O/c18-15-9-12(17(19)21)5-6-13(15)10-20-16-8-7-11-3-1-2-4-14(11)16/h1-6,9,16,20H,7-8,10H2,(H2,19,21). The second-order valence-electron chi connectivity index (χ2n) is 5.34. The van der Waals surface area contributed by atoms with Gasteiger partial charge >= 0.3 is 0 Å². The van der Waals surface area contributed by atoms with E-state index >= 15 is 0 Å². The van der Waals surface area contributed by atoms with Gasteiger partial charge in [-0.15, -0.1) is 0 Å². The maximum Gasteiger partial charge on any atom is 0.248 e. The summed E-state index contributed by atoms with van der Waals surface area (Å²) in [4.78, 5) is 11.1. The summed E-state index contributed by atoms with van der Waals surface area (Å²) in [5.74, 6) is -0.457. The van der Waals surface area contributed by atoms with Gasteiger partial charge in [0.05, 0.1) is 0 Å². The number of hydrogen-bond donors (Lipinski definition) is 2. The lowest BCUT2D eigenvalue weighted by Crippen LogP contribution is -2.19. The molecule has 0 fully saturated rings. The summed E-state index contributed by atoms with van der Waals surface area (Å²) in [7, 11) is 0. The number of primary amides is 1. The van der Waals surface area contributed by atoms with Crippen molar-refractivity contribution in [2.24, 2.45) is 5.73 Å². The van der Waals surface area contributed by atoms with E-state index in [1.165, 1.54) is 11.1 Å². The number of benzene rings is 2. The predicted molar refractivity (Wildman–Crippen MR) is 84.3 cm³/mol. The van der Waals surface area contributed by atoms with Gasteiger partial charge in [-0.3, -0.25) is 4.79 Å². The van der Waals surface area contributed by atoms with Crippen LogP contribution in [-0.2, 0) is 13.0 Å². The molecule has 0 aromatic heterocycles. The molecule has 0 bridgehead atoms. The quantitative estimate of drug-likeness (QED) is 0.911. The maximum absolute atomic E-state index is 11.1. The molecule has 0 heterocycles. The number of halogens is 1. The molecule has 1 unspecified atom stereocenters. The van der Waals surface area contributed by atoms with Crippen molar-refractivity contribution in [2.75, 3.05) is 0 Å². The van der Waals surface area contributed by atoms with E-state index in [2.05, 4.69) is 29.6 Å². The molecule has 1 aliphatic carbocycles. The van der Waals surface area contributed by atoms with Gasteiger partial charge in [0.15, 0.2) is 0 Å². The molecule has 2 aromatic rings. The maximum atomic E-state index is 11.1. The fraction of sp³-hybridized carbons (Fsp3) is 0.235. The van der Waals surface area contributed by atoms with E-state index < -0.39 is 5.91 Å². The number of rotatable bonds is 4. The molecule has 1 amide bonds. The first-order valence-electron chi connectivity index (χ1n) is 7.04. The minimum Gasteiger partial charge on any atom is -0.366 e. The van der Waals surface area contributed by atoms with Crippen molar-refractivity contribution < 1.29 is 4.79 Å². The van der Waals surface area contributed by atoms with E-state index in [4.69, 9.17) is 17.3 Å². The van der Waals surface area contributed by atoms with E-state index in [1.54, 1.807) is 12.1 Å². The number of amides is 1. The molecule has 0 saturated carbocycles. The molecular formula is C17H17ClN2O. The highest BCUT2D eigenvalue weighted by Crippen LogP contribution is 2.31. The fourth-order valence-corrected chi connectivity index (χ4v) is 3.09. The summed E-state index contributed by atoms with van der Waals surface area (Å²) in [5.41, 5.74) is 9.46. The first-order valence-corrected chi connectivity index (χ1v) is 7.42. The van der Waals surface area contributed by atoms with E-state index in [0.29, 0.717) is 23.2 Å². The van der Waals surface area contributed by atoms with Gasteiger partial charge in [-0.2, -0.15) is 0 Å². The number of nitrogens with one attached hydrogen (secondary N) is 1. The summed E-state index contributed by atoms with van der Waals surface area (Å²) in [6, 6.07) is 14.1. The van der Waals surface area contributed by atoms with Gasteiger partial charge in [0.25, 0.3) is 0 Å². The van der Waals surface area contributed by atoms with Gasteiger partial charge in [0.1, 0.15) is 0 Å². The summed E-state index contributed by atoms with van der Waals surface area (Å²) >= 11 is 6.21. The molecule has 3 N–H and O–H groups in total. The lowest BCUT2D eigenvalue weighted by Gasteiger charge is -2.15. The first-order chi connectivity index (χ1) is 10.1. The molecule has 3 rings (SSSR count). The molecule has 1 aliphatic rings. The summed E-state index contributed by atoms with van der Waals surface area (Å²) in [6.45, 7) is 0.677. The highest BCUT2D eigenvalue weighted by atomic mass is 35.5.